The Kier molecular flexibility index (Phi) is 4.98. The van der Waals surface area contributed by atoms with Crippen LogP contribution in [0.1, 0.15) is 25.3 Å². The van der Waals surface area contributed by atoms with Gasteiger partial charge in [0, 0.05) is 0 Å². The van der Waals surface area contributed by atoms with Crippen molar-refractivity contribution < 1.29 is 21.6 Å². The van der Waals surface area contributed by atoms with Crippen molar-refractivity contribution in [2.24, 2.45) is 0 Å². The van der Waals surface area contributed by atoms with Gasteiger partial charge in [0.15, 0.2) is 0 Å². The highest BCUT2D eigenvalue weighted by atomic mass is 32.2. The lowest BCUT2D eigenvalue weighted by Crippen LogP contribution is -2.45. The van der Waals surface area contributed by atoms with Crippen LogP contribution in [-0.2, 0) is 10.0 Å². The van der Waals surface area contributed by atoms with Crippen molar-refractivity contribution in [2.45, 2.75) is 43.8 Å². The molecule has 1 atom stereocenters. The van der Waals surface area contributed by atoms with Crippen LogP contribution in [0.3, 0.4) is 0 Å². The minimum atomic E-state index is -4.59. The first kappa shape index (κ1) is 16.0. The van der Waals surface area contributed by atoms with E-state index in [0.717, 1.165) is 5.56 Å². The highest BCUT2D eigenvalue weighted by Gasteiger charge is 2.41. The molecule has 3 nitrogen and oxygen atoms in total. The van der Waals surface area contributed by atoms with E-state index in [2.05, 4.69) is 0 Å². The average molecular weight is 295 g/mol. The molecule has 0 aromatic heterocycles. The number of hydrogen-bond donors (Lipinski definition) is 1. The largest absolute Gasteiger partial charge is 0.404 e. The topological polar surface area (TPSA) is 46.2 Å². The molecule has 0 aliphatic heterocycles. The Morgan fingerprint density at radius 3 is 2.16 bits per heavy atom. The Morgan fingerprint density at radius 2 is 1.74 bits per heavy atom. The molecule has 108 valence electrons. The van der Waals surface area contributed by atoms with Crippen molar-refractivity contribution in [2.75, 3.05) is 0 Å². The van der Waals surface area contributed by atoms with Gasteiger partial charge in [-0.3, -0.25) is 0 Å². The zero-order valence-corrected chi connectivity index (χ0v) is 11.5. The number of benzene rings is 1. The summed E-state index contributed by atoms with van der Waals surface area (Å²) in [6.07, 6.45) is -4.64. The molecule has 0 aliphatic rings. The van der Waals surface area contributed by atoms with E-state index in [0.29, 0.717) is 0 Å². The zero-order chi connectivity index (χ0) is 14.7. The van der Waals surface area contributed by atoms with E-state index in [4.69, 9.17) is 0 Å². The summed E-state index contributed by atoms with van der Waals surface area (Å²) in [6, 6.07) is 3.60. The molecule has 1 aromatic carbocycles. The van der Waals surface area contributed by atoms with Crippen molar-refractivity contribution in [3.63, 3.8) is 0 Å². The van der Waals surface area contributed by atoms with Gasteiger partial charge in [-0.25, -0.2) is 8.42 Å². The SMILES string of the molecule is CCCC(NS(=O)(=O)c1ccc(C)cc1)C(F)(F)F. The van der Waals surface area contributed by atoms with Crippen LogP contribution in [0.25, 0.3) is 0 Å². The van der Waals surface area contributed by atoms with Crippen LogP contribution in [-0.4, -0.2) is 20.6 Å². The van der Waals surface area contributed by atoms with Gasteiger partial charge in [-0.1, -0.05) is 31.0 Å². The summed E-state index contributed by atoms with van der Waals surface area (Å²) in [4.78, 5) is -0.163. The molecule has 0 radical (unpaired) electrons. The molecule has 1 aromatic rings. The molecule has 1 unspecified atom stereocenters. The van der Waals surface area contributed by atoms with E-state index >= 15 is 0 Å². The average Bonchev–Trinajstić information content (AvgIpc) is 2.27. The second kappa shape index (κ2) is 5.92. The van der Waals surface area contributed by atoms with Gasteiger partial charge in [0.1, 0.15) is 6.04 Å². The van der Waals surface area contributed by atoms with Crippen molar-refractivity contribution in [1.29, 1.82) is 0 Å². The van der Waals surface area contributed by atoms with Gasteiger partial charge in [-0.05, 0) is 25.5 Å². The van der Waals surface area contributed by atoms with E-state index in [1.54, 1.807) is 18.6 Å². The zero-order valence-electron chi connectivity index (χ0n) is 10.7. The van der Waals surface area contributed by atoms with Gasteiger partial charge in [-0.2, -0.15) is 17.9 Å². The van der Waals surface area contributed by atoms with Crippen molar-refractivity contribution in [3.05, 3.63) is 29.8 Å². The highest BCUT2D eigenvalue weighted by Crippen LogP contribution is 2.25. The minimum absolute atomic E-state index is 0.163. The van der Waals surface area contributed by atoms with Gasteiger partial charge in [0.05, 0.1) is 4.90 Å². The Morgan fingerprint density at radius 1 is 1.21 bits per heavy atom. The second-order valence-corrected chi connectivity index (χ2v) is 6.03. The summed E-state index contributed by atoms with van der Waals surface area (Å²) in [5.74, 6) is 0. The Hall–Kier alpha value is -1.08. The fraction of sp³-hybridized carbons (Fsp3) is 0.500. The van der Waals surface area contributed by atoms with E-state index in [1.807, 2.05) is 0 Å². The van der Waals surface area contributed by atoms with Crippen molar-refractivity contribution in [1.82, 2.24) is 4.72 Å². The van der Waals surface area contributed by atoms with Gasteiger partial charge in [0.2, 0.25) is 10.0 Å². The lowest BCUT2D eigenvalue weighted by molar-refractivity contribution is -0.152. The molecule has 0 amide bonds. The molecule has 0 spiro atoms. The molecule has 0 saturated heterocycles. The van der Waals surface area contributed by atoms with E-state index < -0.39 is 22.2 Å². The predicted octanol–water partition coefficient (Wildman–Crippen LogP) is 3.00. The maximum absolute atomic E-state index is 12.7. The minimum Gasteiger partial charge on any atom is -0.207 e. The van der Waals surface area contributed by atoms with Crippen LogP contribution in [0.2, 0.25) is 0 Å². The summed E-state index contributed by atoms with van der Waals surface area (Å²) in [7, 11) is -4.15. The quantitative estimate of drug-likeness (QED) is 0.907. The molecule has 0 fully saturated rings. The third-order valence-corrected chi connectivity index (χ3v) is 4.09. The Labute approximate surface area is 110 Å². The van der Waals surface area contributed by atoms with Gasteiger partial charge in [0.25, 0.3) is 0 Å². The molecule has 0 bridgehead atoms. The van der Waals surface area contributed by atoms with Crippen LogP contribution < -0.4 is 4.72 Å². The third kappa shape index (κ3) is 4.50. The van der Waals surface area contributed by atoms with Crippen LogP contribution in [0.15, 0.2) is 29.2 Å². The smallest absolute Gasteiger partial charge is 0.207 e. The van der Waals surface area contributed by atoms with Gasteiger partial charge < -0.3 is 0 Å². The molecule has 1 rings (SSSR count). The monoisotopic (exact) mass is 295 g/mol. The number of halogens is 3. The molecule has 19 heavy (non-hydrogen) atoms. The van der Waals surface area contributed by atoms with Crippen molar-refractivity contribution >= 4 is 10.0 Å². The molecule has 1 N–H and O–H groups in total. The Bertz CT molecular complexity index is 509. The maximum Gasteiger partial charge on any atom is 0.404 e. The molecular formula is C12H16F3NO2S. The molecule has 0 heterocycles. The van der Waals surface area contributed by atoms with E-state index in [-0.39, 0.29) is 17.7 Å². The maximum atomic E-state index is 12.7. The first-order valence-corrected chi connectivity index (χ1v) is 7.31. The lowest BCUT2D eigenvalue weighted by atomic mass is 10.2. The predicted molar refractivity (Wildman–Crippen MR) is 66.3 cm³/mol. The van der Waals surface area contributed by atoms with Crippen LogP contribution in [0, 0.1) is 6.92 Å². The first-order chi connectivity index (χ1) is 8.66. The highest BCUT2D eigenvalue weighted by molar-refractivity contribution is 7.89. The molecule has 7 heteroatoms. The fourth-order valence-corrected chi connectivity index (χ4v) is 2.81. The second-order valence-electron chi connectivity index (χ2n) is 4.32. The number of nitrogens with one attached hydrogen (secondary N) is 1. The summed E-state index contributed by atoms with van der Waals surface area (Å²) < 4.78 is 63.5. The van der Waals surface area contributed by atoms with E-state index in [9.17, 15) is 21.6 Å². The normalized spacial score (nSPS) is 14.4. The summed E-state index contributed by atoms with van der Waals surface area (Å²) >= 11 is 0. The number of alkyl halides is 3. The number of aryl methyl sites for hydroxylation is 1. The molecular weight excluding hydrogens is 279 g/mol. The van der Waals surface area contributed by atoms with Crippen molar-refractivity contribution in [3.8, 4) is 0 Å². The van der Waals surface area contributed by atoms with Crippen LogP contribution in [0.5, 0.6) is 0 Å². The lowest BCUT2D eigenvalue weighted by Gasteiger charge is -2.21. The Balaban J connectivity index is 2.97. The summed E-state index contributed by atoms with van der Waals surface area (Å²) in [5, 5.41) is 0. The van der Waals surface area contributed by atoms with Gasteiger partial charge in [-0.15, -0.1) is 0 Å². The third-order valence-electron chi connectivity index (χ3n) is 2.60. The number of rotatable bonds is 5. The van der Waals surface area contributed by atoms with E-state index in [1.165, 1.54) is 24.3 Å². The van der Waals surface area contributed by atoms with Gasteiger partial charge >= 0.3 is 6.18 Å². The van der Waals surface area contributed by atoms with Crippen LogP contribution >= 0.6 is 0 Å². The summed E-state index contributed by atoms with van der Waals surface area (Å²) in [5.41, 5.74) is 0.833. The summed E-state index contributed by atoms with van der Waals surface area (Å²) in [6.45, 7) is 3.33. The van der Waals surface area contributed by atoms with Crippen LogP contribution in [0.4, 0.5) is 13.2 Å². The number of hydrogen-bond acceptors (Lipinski definition) is 2. The number of sulfonamides is 1. The fourth-order valence-electron chi connectivity index (χ4n) is 1.55. The standard InChI is InChI=1S/C12H16F3NO2S/c1-3-4-11(12(13,14)15)16-19(17,18)10-7-5-9(2)6-8-10/h5-8,11,16H,3-4H2,1-2H3. The molecule has 0 saturated carbocycles. The first-order valence-electron chi connectivity index (χ1n) is 5.82. The molecule has 0 aliphatic carbocycles.